The van der Waals surface area contributed by atoms with Gasteiger partial charge in [-0.05, 0) is 56.3 Å². The van der Waals surface area contributed by atoms with E-state index in [0.717, 1.165) is 17.8 Å². The van der Waals surface area contributed by atoms with E-state index in [1.54, 1.807) is 30.5 Å². The van der Waals surface area contributed by atoms with Crippen LogP contribution in [0.4, 0.5) is 17.6 Å². The quantitative estimate of drug-likeness (QED) is 0.228. The second kappa shape index (κ2) is 8.14. The number of aromatic nitrogens is 3. The third-order valence-corrected chi connectivity index (χ3v) is 5.87. The Morgan fingerprint density at radius 2 is 1.83 bits per heavy atom. The van der Waals surface area contributed by atoms with E-state index in [9.17, 15) is 17.6 Å². The molecule has 176 valence electrons. The van der Waals surface area contributed by atoms with Gasteiger partial charge in [-0.1, -0.05) is 23.4 Å². The molecule has 2 aromatic carbocycles. The van der Waals surface area contributed by atoms with Crippen molar-refractivity contribution in [3.8, 4) is 40.2 Å². The largest absolute Gasteiger partial charge is 0.481 e. The van der Waals surface area contributed by atoms with Crippen LogP contribution < -0.4 is 4.74 Å². The highest BCUT2D eigenvalue weighted by molar-refractivity contribution is 6.33. The maximum absolute atomic E-state index is 13.6. The number of hydrogen-bond acceptors (Lipinski definition) is 3. The SMILES string of the molecule is CC1(C)Oc2cc(C#Cc3cc(F)ccc3C(F)(F)F)ccc2-c2nc(-c3ccncc3Cl)[nH]c21. The molecule has 35 heavy (non-hydrogen) atoms. The molecule has 0 fully saturated rings. The van der Waals surface area contributed by atoms with E-state index in [1.165, 1.54) is 6.20 Å². The van der Waals surface area contributed by atoms with Gasteiger partial charge in [0.2, 0.25) is 0 Å². The number of nitrogens with zero attached hydrogens (tertiary/aromatic N) is 2. The first-order valence-corrected chi connectivity index (χ1v) is 10.8. The van der Waals surface area contributed by atoms with Crippen LogP contribution in [0.25, 0.3) is 22.6 Å². The van der Waals surface area contributed by atoms with Gasteiger partial charge >= 0.3 is 6.18 Å². The molecule has 1 N–H and O–H groups in total. The molecule has 0 spiro atoms. The zero-order valence-corrected chi connectivity index (χ0v) is 19.1. The highest BCUT2D eigenvalue weighted by atomic mass is 35.5. The lowest BCUT2D eigenvalue weighted by Gasteiger charge is -2.31. The molecule has 0 bridgehead atoms. The molecule has 9 heteroatoms. The van der Waals surface area contributed by atoms with Crippen LogP contribution in [0.3, 0.4) is 0 Å². The number of fused-ring (bicyclic) bond motifs is 3. The lowest BCUT2D eigenvalue weighted by Crippen LogP contribution is -2.29. The van der Waals surface area contributed by atoms with Crippen molar-refractivity contribution in [2.75, 3.05) is 0 Å². The number of H-pyrrole nitrogens is 1. The Morgan fingerprint density at radius 3 is 2.57 bits per heavy atom. The molecule has 1 aliphatic rings. The lowest BCUT2D eigenvalue weighted by molar-refractivity contribution is -0.137. The molecule has 5 rings (SSSR count). The van der Waals surface area contributed by atoms with Gasteiger partial charge in [0.15, 0.2) is 0 Å². The van der Waals surface area contributed by atoms with Crippen LogP contribution in [-0.4, -0.2) is 15.0 Å². The summed E-state index contributed by atoms with van der Waals surface area (Å²) in [5.41, 5.74) is 0.990. The van der Waals surface area contributed by atoms with E-state index in [1.807, 2.05) is 13.8 Å². The Hall–Kier alpha value is -3.83. The number of nitrogens with one attached hydrogen (secondary N) is 1. The standard InChI is InChI=1S/C26H16ClF4N3O/c1-25(2)23-22(33-24(34-23)17-9-10-32-13-20(17)27)18-7-4-14(11-21(18)35-25)3-5-15-12-16(28)6-8-19(15)26(29,30)31/h4,6-13H,1-2H3,(H,33,34). The molecule has 0 aliphatic carbocycles. The van der Waals surface area contributed by atoms with Gasteiger partial charge in [-0.15, -0.1) is 0 Å². The third-order valence-electron chi connectivity index (χ3n) is 5.56. The maximum atomic E-state index is 13.6. The summed E-state index contributed by atoms with van der Waals surface area (Å²) in [5, 5.41) is 0.443. The van der Waals surface area contributed by atoms with Gasteiger partial charge in [0.05, 0.1) is 22.0 Å². The van der Waals surface area contributed by atoms with Crippen LogP contribution in [0.5, 0.6) is 5.75 Å². The van der Waals surface area contributed by atoms with E-state index in [2.05, 4.69) is 21.8 Å². The van der Waals surface area contributed by atoms with Gasteiger partial charge in [0, 0.05) is 34.6 Å². The van der Waals surface area contributed by atoms with Crippen molar-refractivity contribution >= 4 is 11.6 Å². The Bertz CT molecular complexity index is 1530. The van der Waals surface area contributed by atoms with E-state index in [0.29, 0.717) is 45.0 Å². The third kappa shape index (κ3) is 4.24. The first kappa shape index (κ1) is 22.9. The first-order valence-electron chi connectivity index (χ1n) is 10.5. The highest BCUT2D eigenvalue weighted by Gasteiger charge is 2.36. The summed E-state index contributed by atoms with van der Waals surface area (Å²) in [5.74, 6) is 5.37. The molecule has 4 aromatic rings. The number of alkyl halides is 3. The number of rotatable bonds is 1. The summed E-state index contributed by atoms with van der Waals surface area (Å²) in [6.45, 7) is 3.73. The summed E-state index contributed by atoms with van der Waals surface area (Å²) >= 11 is 6.29. The average Bonchev–Trinajstić information content (AvgIpc) is 3.23. The van der Waals surface area contributed by atoms with Crippen LogP contribution in [0.2, 0.25) is 5.02 Å². The topological polar surface area (TPSA) is 50.8 Å². The number of pyridine rings is 1. The molecule has 0 amide bonds. The van der Waals surface area contributed by atoms with E-state index >= 15 is 0 Å². The number of imidazole rings is 1. The van der Waals surface area contributed by atoms with Crippen LogP contribution in [0.15, 0.2) is 54.9 Å². The Balaban J connectivity index is 1.56. The highest BCUT2D eigenvalue weighted by Crippen LogP contribution is 2.45. The molecular formula is C26H16ClF4N3O. The van der Waals surface area contributed by atoms with Crippen molar-refractivity contribution in [2.24, 2.45) is 0 Å². The van der Waals surface area contributed by atoms with Crippen molar-refractivity contribution in [1.82, 2.24) is 15.0 Å². The van der Waals surface area contributed by atoms with Crippen molar-refractivity contribution in [2.45, 2.75) is 25.6 Å². The van der Waals surface area contributed by atoms with Crippen LogP contribution in [0.1, 0.15) is 36.2 Å². The van der Waals surface area contributed by atoms with Crippen molar-refractivity contribution in [3.63, 3.8) is 0 Å². The molecule has 3 heterocycles. The average molecular weight is 498 g/mol. The number of hydrogen-bond donors (Lipinski definition) is 1. The lowest BCUT2D eigenvalue weighted by atomic mass is 9.94. The summed E-state index contributed by atoms with van der Waals surface area (Å²) in [6, 6.07) is 8.99. The molecule has 4 nitrogen and oxygen atoms in total. The van der Waals surface area contributed by atoms with Gasteiger partial charge < -0.3 is 9.72 Å². The van der Waals surface area contributed by atoms with Gasteiger partial charge in [-0.3, -0.25) is 4.98 Å². The van der Waals surface area contributed by atoms with E-state index < -0.39 is 28.7 Å². The van der Waals surface area contributed by atoms with Gasteiger partial charge in [0.1, 0.15) is 23.0 Å². The minimum absolute atomic E-state index is 0.410. The molecule has 0 saturated heterocycles. The fourth-order valence-corrected chi connectivity index (χ4v) is 4.12. The summed E-state index contributed by atoms with van der Waals surface area (Å²) in [4.78, 5) is 12.0. The summed E-state index contributed by atoms with van der Waals surface area (Å²) in [7, 11) is 0. The Kier molecular flexibility index (Phi) is 5.33. The van der Waals surface area contributed by atoms with Gasteiger partial charge in [-0.2, -0.15) is 13.2 Å². The normalized spacial score (nSPS) is 13.8. The fraction of sp³-hybridized carbons (Fsp3) is 0.154. The van der Waals surface area contributed by atoms with E-state index in [-0.39, 0.29) is 0 Å². The van der Waals surface area contributed by atoms with Gasteiger partial charge in [-0.25, -0.2) is 9.37 Å². The van der Waals surface area contributed by atoms with Crippen LogP contribution in [-0.2, 0) is 11.8 Å². The zero-order chi connectivity index (χ0) is 25.0. The van der Waals surface area contributed by atoms with Crippen LogP contribution >= 0.6 is 11.6 Å². The Morgan fingerprint density at radius 1 is 1.03 bits per heavy atom. The molecule has 0 unspecified atom stereocenters. The number of aromatic amines is 1. The monoisotopic (exact) mass is 497 g/mol. The smallest absolute Gasteiger partial charge is 0.417 e. The predicted molar refractivity (Wildman–Crippen MR) is 123 cm³/mol. The second-order valence-electron chi connectivity index (χ2n) is 8.43. The minimum atomic E-state index is -4.65. The van der Waals surface area contributed by atoms with Crippen LogP contribution in [0, 0.1) is 17.7 Å². The number of ether oxygens (including phenoxy) is 1. The number of halogens is 5. The first-order chi connectivity index (χ1) is 16.5. The van der Waals surface area contributed by atoms with Crippen molar-refractivity contribution < 1.29 is 22.3 Å². The molecule has 1 aliphatic heterocycles. The number of benzene rings is 2. The molecule has 0 saturated carbocycles. The fourth-order valence-electron chi connectivity index (χ4n) is 3.91. The van der Waals surface area contributed by atoms with Gasteiger partial charge in [0.25, 0.3) is 0 Å². The van der Waals surface area contributed by atoms with E-state index in [4.69, 9.17) is 21.3 Å². The summed E-state index contributed by atoms with van der Waals surface area (Å²) < 4.78 is 59.6. The molecule has 0 radical (unpaired) electrons. The maximum Gasteiger partial charge on any atom is 0.417 e. The summed E-state index contributed by atoms with van der Waals surface area (Å²) in [6.07, 6.45) is -1.50. The zero-order valence-electron chi connectivity index (χ0n) is 18.4. The Labute approximate surface area is 203 Å². The molecule has 0 atom stereocenters. The second-order valence-corrected chi connectivity index (χ2v) is 8.83. The molecule has 2 aromatic heterocycles. The van der Waals surface area contributed by atoms with Crippen molar-refractivity contribution in [1.29, 1.82) is 0 Å². The minimum Gasteiger partial charge on any atom is -0.481 e. The molecular weight excluding hydrogens is 482 g/mol. The predicted octanol–water partition coefficient (Wildman–Crippen LogP) is 6.98. The van der Waals surface area contributed by atoms with Crippen molar-refractivity contribution in [3.05, 3.63) is 88.1 Å².